The number of benzene rings is 1. The number of nitrogens with zero attached hydrogens (tertiary/aromatic N) is 3. The van der Waals surface area contributed by atoms with E-state index in [0.29, 0.717) is 5.92 Å². The first kappa shape index (κ1) is 16.6. The summed E-state index contributed by atoms with van der Waals surface area (Å²) in [5, 5.41) is 3.38. The first-order valence-corrected chi connectivity index (χ1v) is 8.14. The zero-order valence-corrected chi connectivity index (χ0v) is 13.8. The summed E-state index contributed by atoms with van der Waals surface area (Å²) in [5.41, 5.74) is 1.09. The molecule has 1 heterocycles. The fourth-order valence-electron chi connectivity index (χ4n) is 2.52. The number of hydrogen-bond acceptors (Lipinski definition) is 2. The monoisotopic (exact) mass is 306 g/mol. The molecule has 1 aromatic rings. The highest BCUT2D eigenvalue weighted by Crippen LogP contribution is 2.17. The number of nitrogens with one attached hydrogen (secondary N) is 1. The number of rotatable bonds is 4. The van der Waals surface area contributed by atoms with Crippen molar-refractivity contribution >= 4 is 11.6 Å². The van der Waals surface area contributed by atoms with Gasteiger partial charge in [-0.1, -0.05) is 13.8 Å². The van der Waals surface area contributed by atoms with E-state index in [4.69, 9.17) is 4.99 Å². The Balaban J connectivity index is 1.94. The molecule has 0 amide bonds. The molecular formula is C17H27FN4. The van der Waals surface area contributed by atoms with Crippen LogP contribution in [0.1, 0.15) is 20.8 Å². The topological polar surface area (TPSA) is 30.9 Å². The van der Waals surface area contributed by atoms with E-state index in [2.05, 4.69) is 35.9 Å². The molecule has 0 aromatic heterocycles. The van der Waals surface area contributed by atoms with Gasteiger partial charge in [-0.2, -0.15) is 0 Å². The van der Waals surface area contributed by atoms with Crippen LogP contribution in [0, 0.1) is 11.7 Å². The van der Waals surface area contributed by atoms with Crippen LogP contribution >= 0.6 is 0 Å². The molecule has 2 rings (SSSR count). The number of hydrogen-bond donors (Lipinski definition) is 1. The van der Waals surface area contributed by atoms with E-state index < -0.39 is 0 Å². The number of guanidine groups is 1. The molecule has 0 spiro atoms. The van der Waals surface area contributed by atoms with Crippen molar-refractivity contribution in [2.45, 2.75) is 20.8 Å². The van der Waals surface area contributed by atoms with Crippen LogP contribution in [0.2, 0.25) is 0 Å². The molecule has 0 atom stereocenters. The fraction of sp³-hybridized carbons (Fsp3) is 0.588. The van der Waals surface area contributed by atoms with Crippen molar-refractivity contribution in [3.05, 3.63) is 30.1 Å². The predicted octanol–water partition coefficient (Wildman–Crippen LogP) is 2.57. The summed E-state index contributed by atoms with van der Waals surface area (Å²) < 4.78 is 13.0. The molecule has 1 N–H and O–H groups in total. The first-order valence-electron chi connectivity index (χ1n) is 8.14. The standard InChI is InChI=1S/C17H27FN4/c1-4-19-17(20-13-14(2)3)22-11-9-21(10-12-22)16-7-5-15(18)6-8-16/h5-8,14H,4,9-13H2,1-3H3,(H,19,20). The molecule has 0 radical (unpaired) electrons. The Kier molecular flexibility index (Phi) is 6.04. The second kappa shape index (κ2) is 8.01. The van der Waals surface area contributed by atoms with Crippen LogP contribution in [0.15, 0.2) is 29.3 Å². The van der Waals surface area contributed by atoms with Gasteiger partial charge in [0, 0.05) is 45.0 Å². The first-order chi connectivity index (χ1) is 10.6. The smallest absolute Gasteiger partial charge is 0.194 e. The maximum atomic E-state index is 13.0. The minimum absolute atomic E-state index is 0.183. The molecule has 22 heavy (non-hydrogen) atoms. The predicted molar refractivity (Wildman–Crippen MR) is 91.0 cm³/mol. The van der Waals surface area contributed by atoms with Crippen LogP contribution in [0.25, 0.3) is 0 Å². The van der Waals surface area contributed by atoms with Crippen LogP contribution in [0.3, 0.4) is 0 Å². The van der Waals surface area contributed by atoms with Gasteiger partial charge in [0.1, 0.15) is 5.82 Å². The molecule has 1 aromatic carbocycles. The Morgan fingerprint density at radius 2 is 1.82 bits per heavy atom. The van der Waals surface area contributed by atoms with Crippen molar-refractivity contribution in [1.29, 1.82) is 0 Å². The van der Waals surface area contributed by atoms with Crippen LogP contribution in [0.4, 0.5) is 10.1 Å². The van der Waals surface area contributed by atoms with Crippen molar-refractivity contribution in [2.24, 2.45) is 10.9 Å². The quantitative estimate of drug-likeness (QED) is 0.685. The van der Waals surface area contributed by atoms with E-state index in [0.717, 1.165) is 50.9 Å². The SMILES string of the molecule is CCNC(=NCC(C)C)N1CCN(c2ccc(F)cc2)CC1. The molecule has 1 aliphatic rings. The molecule has 122 valence electrons. The summed E-state index contributed by atoms with van der Waals surface area (Å²) in [6.45, 7) is 11.9. The minimum atomic E-state index is -0.183. The lowest BCUT2D eigenvalue weighted by atomic mass is 10.2. The van der Waals surface area contributed by atoms with E-state index in [1.54, 1.807) is 0 Å². The third-order valence-corrected chi connectivity index (χ3v) is 3.71. The normalized spacial score (nSPS) is 16.3. The Morgan fingerprint density at radius 3 is 2.36 bits per heavy atom. The van der Waals surface area contributed by atoms with Gasteiger partial charge < -0.3 is 15.1 Å². The summed E-state index contributed by atoms with van der Waals surface area (Å²) in [5.74, 6) is 1.39. The van der Waals surface area contributed by atoms with Crippen LogP contribution < -0.4 is 10.2 Å². The summed E-state index contributed by atoms with van der Waals surface area (Å²) >= 11 is 0. The van der Waals surface area contributed by atoms with E-state index >= 15 is 0 Å². The van der Waals surface area contributed by atoms with Crippen molar-refractivity contribution < 1.29 is 4.39 Å². The highest BCUT2D eigenvalue weighted by molar-refractivity contribution is 5.80. The fourth-order valence-corrected chi connectivity index (χ4v) is 2.52. The van der Waals surface area contributed by atoms with Crippen molar-refractivity contribution in [2.75, 3.05) is 44.2 Å². The lowest BCUT2D eigenvalue weighted by Crippen LogP contribution is -2.52. The van der Waals surface area contributed by atoms with Gasteiger partial charge in [0.25, 0.3) is 0 Å². The molecule has 0 bridgehead atoms. The molecule has 1 saturated heterocycles. The zero-order chi connectivity index (χ0) is 15.9. The lowest BCUT2D eigenvalue weighted by molar-refractivity contribution is 0.371. The van der Waals surface area contributed by atoms with E-state index in [-0.39, 0.29) is 5.82 Å². The van der Waals surface area contributed by atoms with Gasteiger partial charge in [-0.3, -0.25) is 4.99 Å². The molecule has 0 saturated carbocycles. The number of aliphatic imine (C=N–C) groups is 1. The average Bonchev–Trinajstić information content (AvgIpc) is 2.52. The van der Waals surface area contributed by atoms with E-state index in [9.17, 15) is 4.39 Å². The molecule has 0 unspecified atom stereocenters. The van der Waals surface area contributed by atoms with Crippen molar-refractivity contribution in [3.63, 3.8) is 0 Å². The lowest BCUT2D eigenvalue weighted by Gasteiger charge is -2.37. The van der Waals surface area contributed by atoms with Gasteiger partial charge in [0.05, 0.1) is 0 Å². The summed E-state index contributed by atoms with van der Waals surface area (Å²) in [7, 11) is 0. The van der Waals surface area contributed by atoms with Crippen molar-refractivity contribution in [1.82, 2.24) is 10.2 Å². The summed E-state index contributed by atoms with van der Waals surface area (Å²) in [6.07, 6.45) is 0. The van der Waals surface area contributed by atoms with Crippen LogP contribution in [-0.2, 0) is 0 Å². The highest BCUT2D eigenvalue weighted by atomic mass is 19.1. The largest absolute Gasteiger partial charge is 0.368 e. The summed E-state index contributed by atoms with van der Waals surface area (Å²) in [6, 6.07) is 6.75. The third kappa shape index (κ3) is 4.61. The molecule has 0 aliphatic carbocycles. The Morgan fingerprint density at radius 1 is 1.18 bits per heavy atom. The van der Waals surface area contributed by atoms with E-state index in [1.165, 1.54) is 12.1 Å². The second-order valence-corrected chi connectivity index (χ2v) is 6.04. The van der Waals surface area contributed by atoms with Gasteiger partial charge in [0.15, 0.2) is 5.96 Å². The molecule has 4 nitrogen and oxygen atoms in total. The van der Waals surface area contributed by atoms with Gasteiger partial charge >= 0.3 is 0 Å². The Bertz CT molecular complexity index is 476. The average molecular weight is 306 g/mol. The molecule has 1 fully saturated rings. The zero-order valence-electron chi connectivity index (χ0n) is 13.8. The maximum Gasteiger partial charge on any atom is 0.194 e. The molecule has 5 heteroatoms. The van der Waals surface area contributed by atoms with Gasteiger partial charge in [0.2, 0.25) is 0 Å². The van der Waals surface area contributed by atoms with E-state index in [1.807, 2.05) is 12.1 Å². The van der Waals surface area contributed by atoms with Crippen LogP contribution in [0.5, 0.6) is 0 Å². The van der Waals surface area contributed by atoms with Gasteiger partial charge in [-0.15, -0.1) is 0 Å². The molecule has 1 aliphatic heterocycles. The van der Waals surface area contributed by atoms with Crippen LogP contribution in [-0.4, -0.2) is 50.1 Å². The van der Waals surface area contributed by atoms with Crippen molar-refractivity contribution in [3.8, 4) is 0 Å². The highest BCUT2D eigenvalue weighted by Gasteiger charge is 2.19. The Labute approximate surface area is 133 Å². The minimum Gasteiger partial charge on any atom is -0.368 e. The summed E-state index contributed by atoms with van der Waals surface area (Å²) in [4.78, 5) is 9.31. The number of halogens is 1. The third-order valence-electron chi connectivity index (χ3n) is 3.71. The molecular weight excluding hydrogens is 279 g/mol. The second-order valence-electron chi connectivity index (χ2n) is 6.04. The maximum absolute atomic E-state index is 13.0. The van der Waals surface area contributed by atoms with Gasteiger partial charge in [-0.05, 0) is 37.1 Å². The number of piperazine rings is 1. The Hall–Kier alpha value is -1.78. The number of anilines is 1. The van der Waals surface area contributed by atoms with Gasteiger partial charge in [-0.25, -0.2) is 4.39 Å².